The Hall–Kier alpha value is -1.78. The number of hydrogen-bond acceptors (Lipinski definition) is 4. The van der Waals surface area contributed by atoms with Crippen LogP contribution in [-0.4, -0.2) is 50.5 Å². The molecule has 1 aromatic carbocycles. The van der Waals surface area contributed by atoms with E-state index in [0.717, 1.165) is 57.2 Å². The molecule has 2 unspecified atom stereocenters. The number of fused-ring (bicyclic) bond motifs is 1. The molecule has 3 aliphatic rings. The van der Waals surface area contributed by atoms with E-state index < -0.39 is 0 Å². The lowest BCUT2D eigenvalue weighted by molar-refractivity contribution is 0.0623. The highest BCUT2D eigenvalue weighted by Gasteiger charge is 2.28. The second-order valence-corrected chi connectivity index (χ2v) is 6.69. The molecule has 24 heavy (non-hydrogen) atoms. The molecule has 0 spiro atoms. The summed E-state index contributed by atoms with van der Waals surface area (Å²) in [4.78, 5) is 2.49. The van der Waals surface area contributed by atoms with E-state index in [-0.39, 0.29) is 6.10 Å². The van der Waals surface area contributed by atoms with E-state index in [0.29, 0.717) is 12.5 Å². The Balaban J connectivity index is 1.33. The third kappa shape index (κ3) is 3.65. The van der Waals surface area contributed by atoms with Gasteiger partial charge in [-0.2, -0.15) is 0 Å². The van der Waals surface area contributed by atoms with Crippen molar-refractivity contribution in [3.63, 3.8) is 0 Å². The van der Waals surface area contributed by atoms with Crippen molar-refractivity contribution in [2.24, 2.45) is 5.92 Å². The van der Waals surface area contributed by atoms with Gasteiger partial charge in [-0.15, -0.1) is 0 Å². The van der Waals surface area contributed by atoms with Crippen LogP contribution in [0, 0.1) is 5.92 Å². The fourth-order valence-electron chi connectivity index (χ4n) is 3.54. The zero-order valence-electron chi connectivity index (χ0n) is 14.0. The van der Waals surface area contributed by atoms with Crippen molar-refractivity contribution < 1.29 is 14.2 Å². The zero-order chi connectivity index (χ0) is 16.2. The quantitative estimate of drug-likeness (QED) is 0.854. The van der Waals surface area contributed by atoms with Crippen LogP contribution in [0.3, 0.4) is 0 Å². The molecule has 0 radical (unpaired) electrons. The lowest BCUT2D eigenvalue weighted by atomic mass is 9.91. The van der Waals surface area contributed by atoms with E-state index in [2.05, 4.69) is 23.1 Å². The molecular formula is C20H25NO3. The second-order valence-electron chi connectivity index (χ2n) is 6.69. The summed E-state index contributed by atoms with van der Waals surface area (Å²) in [5, 5.41) is 0. The van der Waals surface area contributed by atoms with Crippen LogP contribution in [0.5, 0.6) is 11.5 Å². The summed E-state index contributed by atoms with van der Waals surface area (Å²) in [5.74, 6) is 2.10. The summed E-state index contributed by atoms with van der Waals surface area (Å²) in [6.07, 6.45) is 9.18. The Labute approximate surface area is 143 Å². The maximum atomic E-state index is 6.14. The van der Waals surface area contributed by atoms with Crippen LogP contribution in [-0.2, 0) is 4.74 Å². The highest BCUT2D eigenvalue weighted by molar-refractivity contribution is 5.41. The molecule has 2 heterocycles. The summed E-state index contributed by atoms with van der Waals surface area (Å²) in [5.41, 5.74) is 1.41. The van der Waals surface area contributed by atoms with Crippen molar-refractivity contribution in [3.05, 3.63) is 48.1 Å². The highest BCUT2D eigenvalue weighted by Crippen LogP contribution is 2.34. The predicted octanol–water partition coefficient (Wildman–Crippen LogP) is 3.05. The van der Waals surface area contributed by atoms with Crippen molar-refractivity contribution in [2.75, 3.05) is 39.5 Å². The molecule has 1 aliphatic carbocycles. The third-order valence-electron chi connectivity index (χ3n) is 4.94. The average Bonchev–Trinajstić information content (AvgIpc) is 2.91. The van der Waals surface area contributed by atoms with Gasteiger partial charge in [0.2, 0.25) is 0 Å². The Morgan fingerprint density at radius 1 is 1.08 bits per heavy atom. The predicted molar refractivity (Wildman–Crippen MR) is 93.6 cm³/mol. The number of rotatable bonds is 3. The van der Waals surface area contributed by atoms with Gasteiger partial charge in [0, 0.05) is 32.2 Å². The molecule has 128 valence electrons. The van der Waals surface area contributed by atoms with Crippen LogP contribution in [0.15, 0.2) is 48.1 Å². The second kappa shape index (κ2) is 7.41. The van der Waals surface area contributed by atoms with E-state index in [1.54, 1.807) is 0 Å². The van der Waals surface area contributed by atoms with Gasteiger partial charge >= 0.3 is 0 Å². The minimum absolute atomic E-state index is 0.0977. The minimum atomic E-state index is 0.0977. The van der Waals surface area contributed by atoms with Gasteiger partial charge < -0.3 is 14.2 Å². The highest BCUT2D eigenvalue weighted by atomic mass is 16.6. The SMILES string of the molecule is C1=CC(C2COc3ccccc3O2)CC=C1CN1CCCOCC1. The summed E-state index contributed by atoms with van der Waals surface area (Å²) >= 11 is 0. The Kier molecular flexibility index (Phi) is 4.86. The molecule has 0 amide bonds. The number of allylic oxidation sites excluding steroid dienone is 1. The van der Waals surface area contributed by atoms with Crippen molar-refractivity contribution in [3.8, 4) is 11.5 Å². The van der Waals surface area contributed by atoms with Crippen LogP contribution in [0.1, 0.15) is 12.8 Å². The maximum Gasteiger partial charge on any atom is 0.161 e. The van der Waals surface area contributed by atoms with Crippen LogP contribution >= 0.6 is 0 Å². The van der Waals surface area contributed by atoms with Gasteiger partial charge in [-0.25, -0.2) is 0 Å². The van der Waals surface area contributed by atoms with Crippen molar-refractivity contribution >= 4 is 0 Å². The molecule has 1 fully saturated rings. The van der Waals surface area contributed by atoms with Gasteiger partial charge in [0.05, 0.1) is 6.61 Å². The van der Waals surface area contributed by atoms with E-state index in [1.807, 2.05) is 24.3 Å². The molecule has 4 rings (SSSR count). The van der Waals surface area contributed by atoms with E-state index in [4.69, 9.17) is 14.2 Å². The van der Waals surface area contributed by atoms with E-state index >= 15 is 0 Å². The van der Waals surface area contributed by atoms with Gasteiger partial charge in [-0.3, -0.25) is 4.90 Å². The molecule has 0 N–H and O–H groups in total. The molecule has 2 aliphatic heterocycles. The minimum Gasteiger partial charge on any atom is -0.486 e. The van der Waals surface area contributed by atoms with Crippen LogP contribution in [0.2, 0.25) is 0 Å². The lowest BCUT2D eigenvalue weighted by Gasteiger charge is -2.32. The smallest absolute Gasteiger partial charge is 0.161 e. The van der Waals surface area contributed by atoms with Crippen LogP contribution < -0.4 is 9.47 Å². The van der Waals surface area contributed by atoms with Gasteiger partial charge in [-0.1, -0.05) is 30.4 Å². The molecule has 0 saturated carbocycles. The molecule has 0 aromatic heterocycles. The first-order valence-electron chi connectivity index (χ1n) is 8.94. The van der Waals surface area contributed by atoms with Gasteiger partial charge in [-0.05, 0) is 30.5 Å². The third-order valence-corrected chi connectivity index (χ3v) is 4.94. The van der Waals surface area contributed by atoms with Crippen molar-refractivity contribution in [2.45, 2.75) is 18.9 Å². The standard InChI is InChI=1S/C20H25NO3/c1-2-5-19-18(4-1)23-15-20(24-19)17-8-6-16(7-9-17)14-21-10-3-12-22-13-11-21/h1-2,4-8,17,20H,3,9-15H2. The lowest BCUT2D eigenvalue weighted by Crippen LogP contribution is -2.36. The fraction of sp³-hybridized carbons (Fsp3) is 0.500. The number of para-hydroxylation sites is 2. The van der Waals surface area contributed by atoms with Crippen molar-refractivity contribution in [1.29, 1.82) is 0 Å². The molecule has 0 bridgehead atoms. The summed E-state index contributed by atoms with van der Waals surface area (Å²) in [6.45, 7) is 5.56. The zero-order valence-corrected chi connectivity index (χ0v) is 14.0. The largest absolute Gasteiger partial charge is 0.486 e. The fourth-order valence-corrected chi connectivity index (χ4v) is 3.54. The number of benzene rings is 1. The first-order chi connectivity index (χ1) is 11.9. The van der Waals surface area contributed by atoms with Gasteiger partial charge in [0.15, 0.2) is 11.5 Å². The topological polar surface area (TPSA) is 30.9 Å². The van der Waals surface area contributed by atoms with Gasteiger partial charge in [0.25, 0.3) is 0 Å². The number of hydrogen-bond donors (Lipinski definition) is 0. The first-order valence-corrected chi connectivity index (χ1v) is 8.94. The number of nitrogens with zero attached hydrogens (tertiary/aromatic N) is 1. The van der Waals surface area contributed by atoms with Gasteiger partial charge in [0.1, 0.15) is 12.7 Å². The summed E-state index contributed by atoms with van der Waals surface area (Å²) in [7, 11) is 0. The molecule has 1 aromatic rings. The molecule has 2 atom stereocenters. The normalized spacial score (nSPS) is 27.4. The van der Waals surface area contributed by atoms with E-state index in [1.165, 1.54) is 5.57 Å². The molecular weight excluding hydrogens is 302 g/mol. The van der Waals surface area contributed by atoms with Crippen molar-refractivity contribution in [1.82, 2.24) is 4.90 Å². The average molecular weight is 327 g/mol. The summed E-state index contributed by atoms with van der Waals surface area (Å²) < 4.78 is 17.5. The Morgan fingerprint density at radius 3 is 2.88 bits per heavy atom. The van der Waals surface area contributed by atoms with Crippen LogP contribution in [0.4, 0.5) is 0 Å². The Morgan fingerprint density at radius 2 is 2.00 bits per heavy atom. The molecule has 1 saturated heterocycles. The first kappa shape index (κ1) is 15.7. The Bertz CT molecular complexity index is 617. The molecule has 4 heteroatoms. The van der Waals surface area contributed by atoms with E-state index in [9.17, 15) is 0 Å². The number of ether oxygens (including phenoxy) is 3. The monoisotopic (exact) mass is 327 g/mol. The summed E-state index contributed by atoms with van der Waals surface area (Å²) in [6, 6.07) is 7.91. The molecule has 4 nitrogen and oxygen atoms in total. The maximum absolute atomic E-state index is 6.14. The van der Waals surface area contributed by atoms with Crippen LogP contribution in [0.25, 0.3) is 0 Å².